The highest BCUT2D eigenvalue weighted by molar-refractivity contribution is 9.10. The van der Waals surface area contributed by atoms with Crippen molar-refractivity contribution in [2.24, 2.45) is 5.10 Å². The molecule has 30 heavy (non-hydrogen) atoms. The molecule has 152 valence electrons. The maximum Gasteiger partial charge on any atom is 0.213 e. The third-order valence-electron chi connectivity index (χ3n) is 5.62. The summed E-state index contributed by atoms with van der Waals surface area (Å²) >= 11 is 3.58. The fraction of sp³-hybridized carbons (Fsp3) is 0.208. The number of rotatable bonds is 3. The van der Waals surface area contributed by atoms with Crippen LogP contribution in [0.3, 0.4) is 0 Å². The van der Waals surface area contributed by atoms with E-state index in [4.69, 9.17) is 9.84 Å². The molecule has 0 saturated carbocycles. The number of anilines is 1. The maximum absolute atomic E-state index is 13.4. The summed E-state index contributed by atoms with van der Waals surface area (Å²) in [5.41, 5.74) is 5.15. The van der Waals surface area contributed by atoms with Gasteiger partial charge >= 0.3 is 0 Å². The summed E-state index contributed by atoms with van der Waals surface area (Å²) in [7, 11) is 4.05. The van der Waals surface area contributed by atoms with E-state index < -0.39 is 0 Å². The van der Waals surface area contributed by atoms with Gasteiger partial charge in [-0.1, -0.05) is 40.2 Å². The van der Waals surface area contributed by atoms with Crippen LogP contribution in [0.1, 0.15) is 35.4 Å². The lowest BCUT2D eigenvalue weighted by Gasteiger charge is -2.38. The average Bonchev–Trinajstić information content (AvgIpc) is 3.19. The molecule has 3 aromatic carbocycles. The van der Waals surface area contributed by atoms with Crippen molar-refractivity contribution >= 4 is 27.3 Å². The van der Waals surface area contributed by atoms with Gasteiger partial charge in [0.15, 0.2) is 0 Å². The number of halogens is 2. The summed E-state index contributed by atoms with van der Waals surface area (Å²) in [6, 6.07) is 21.1. The Hall–Kier alpha value is -2.86. The van der Waals surface area contributed by atoms with Crippen molar-refractivity contribution in [1.29, 1.82) is 0 Å². The summed E-state index contributed by atoms with van der Waals surface area (Å²) in [6.07, 6.45) is 0.419. The Bertz CT molecular complexity index is 1110. The van der Waals surface area contributed by atoms with E-state index in [0.29, 0.717) is 0 Å². The highest BCUT2D eigenvalue weighted by Crippen LogP contribution is 2.48. The Balaban J connectivity index is 1.57. The average molecular weight is 466 g/mol. The predicted octanol–water partition coefficient (Wildman–Crippen LogP) is 5.90. The second kappa shape index (κ2) is 7.43. The van der Waals surface area contributed by atoms with E-state index in [0.717, 1.165) is 44.7 Å². The SMILES string of the molecule is CN(C)c1ccc(C2Oc3ccc(Br)cc3C3CC(c4ccc(F)cc4)=NN32)cc1. The topological polar surface area (TPSA) is 28.1 Å². The van der Waals surface area contributed by atoms with Gasteiger partial charge < -0.3 is 9.64 Å². The Kier molecular flexibility index (Phi) is 4.74. The number of benzene rings is 3. The zero-order chi connectivity index (χ0) is 20.8. The monoisotopic (exact) mass is 465 g/mol. The number of hydrogen-bond acceptors (Lipinski definition) is 4. The quantitative estimate of drug-likeness (QED) is 0.482. The third-order valence-corrected chi connectivity index (χ3v) is 6.12. The lowest BCUT2D eigenvalue weighted by molar-refractivity contribution is -0.0190. The van der Waals surface area contributed by atoms with Crippen LogP contribution in [0.2, 0.25) is 0 Å². The summed E-state index contributed by atoms with van der Waals surface area (Å²) < 4.78 is 20.8. The zero-order valence-corrected chi connectivity index (χ0v) is 18.3. The van der Waals surface area contributed by atoms with E-state index in [1.54, 1.807) is 12.1 Å². The van der Waals surface area contributed by atoms with Crippen LogP contribution in [0.4, 0.5) is 10.1 Å². The number of nitrogens with zero attached hydrogens (tertiary/aromatic N) is 3. The van der Waals surface area contributed by atoms with Gasteiger partial charge in [-0.15, -0.1) is 0 Å². The van der Waals surface area contributed by atoms with Gasteiger partial charge in [0.05, 0.1) is 11.8 Å². The molecule has 0 spiro atoms. The highest BCUT2D eigenvalue weighted by atomic mass is 79.9. The minimum Gasteiger partial charge on any atom is -0.464 e. The van der Waals surface area contributed by atoms with Crippen LogP contribution in [0, 0.1) is 5.82 Å². The van der Waals surface area contributed by atoms with Crippen LogP contribution < -0.4 is 9.64 Å². The lowest BCUT2D eigenvalue weighted by Crippen LogP contribution is -2.33. The summed E-state index contributed by atoms with van der Waals surface area (Å²) in [4.78, 5) is 2.07. The molecule has 0 aliphatic carbocycles. The molecule has 2 aliphatic rings. The molecule has 6 heteroatoms. The van der Waals surface area contributed by atoms with Gasteiger partial charge in [-0.3, -0.25) is 0 Å². The van der Waals surface area contributed by atoms with Gasteiger partial charge in [-0.05, 0) is 48.0 Å². The number of hydrazone groups is 1. The molecule has 0 fully saturated rings. The molecule has 2 atom stereocenters. The van der Waals surface area contributed by atoms with Gasteiger partial charge in [-0.25, -0.2) is 9.40 Å². The Morgan fingerprint density at radius 2 is 1.77 bits per heavy atom. The smallest absolute Gasteiger partial charge is 0.213 e. The van der Waals surface area contributed by atoms with Crippen LogP contribution in [0.25, 0.3) is 0 Å². The van der Waals surface area contributed by atoms with Gasteiger partial charge in [0.1, 0.15) is 11.6 Å². The molecule has 0 bridgehead atoms. The molecule has 0 N–H and O–H groups in total. The first kappa shape index (κ1) is 19.1. The Labute approximate surface area is 183 Å². The minimum absolute atomic E-state index is 0.0600. The van der Waals surface area contributed by atoms with Gasteiger partial charge in [-0.2, -0.15) is 5.10 Å². The fourth-order valence-electron chi connectivity index (χ4n) is 4.03. The molecular weight excluding hydrogens is 445 g/mol. The fourth-order valence-corrected chi connectivity index (χ4v) is 4.41. The summed E-state index contributed by atoms with van der Waals surface area (Å²) in [5, 5.41) is 6.97. The van der Waals surface area contributed by atoms with E-state index >= 15 is 0 Å². The van der Waals surface area contributed by atoms with Crippen LogP contribution >= 0.6 is 15.9 Å². The normalized spacial score (nSPS) is 19.6. The van der Waals surface area contributed by atoms with Crippen molar-refractivity contribution in [3.8, 4) is 5.75 Å². The van der Waals surface area contributed by atoms with E-state index in [1.165, 1.54) is 12.1 Å². The minimum atomic E-state index is -0.321. The highest BCUT2D eigenvalue weighted by Gasteiger charge is 2.41. The third kappa shape index (κ3) is 3.35. The number of fused-ring (bicyclic) bond motifs is 3. The maximum atomic E-state index is 13.4. The molecule has 3 aromatic rings. The van der Waals surface area contributed by atoms with E-state index in [9.17, 15) is 4.39 Å². The lowest BCUT2D eigenvalue weighted by atomic mass is 9.96. The second-order valence-corrected chi connectivity index (χ2v) is 8.71. The van der Waals surface area contributed by atoms with E-state index in [2.05, 4.69) is 51.2 Å². The van der Waals surface area contributed by atoms with Gasteiger partial charge in [0.2, 0.25) is 6.23 Å². The molecular formula is C24H21BrFN3O. The van der Waals surface area contributed by atoms with Crippen molar-refractivity contribution in [3.05, 3.63) is 93.7 Å². The molecule has 5 rings (SSSR count). The molecule has 0 saturated heterocycles. The largest absolute Gasteiger partial charge is 0.464 e. The van der Waals surface area contributed by atoms with Gasteiger partial charge in [0, 0.05) is 41.8 Å². The van der Waals surface area contributed by atoms with Crippen molar-refractivity contribution in [2.75, 3.05) is 19.0 Å². The first-order chi connectivity index (χ1) is 14.5. The molecule has 2 aliphatic heterocycles. The first-order valence-corrected chi connectivity index (χ1v) is 10.6. The zero-order valence-electron chi connectivity index (χ0n) is 16.7. The molecule has 0 amide bonds. The van der Waals surface area contributed by atoms with Crippen LogP contribution in [0.15, 0.2) is 76.3 Å². The van der Waals surface area contributed by atoms with Gasteiger partial charge in [0.25, 0.3) is 0 Å². The summed E-state index contributed by atoms with van der Waals surface area (Å²) in [6.45, 7) is 0. The molecule has 0 aromatic heterocycles. The van der Waals surface area contributed by atoms with Crippen LogP contribution in [-0.2, 0) is 0 Å². The van der Waals surface area contributed by atoms with Crippen molar-refractivity contribution < 1.29 is 9.13 Å². The van der Waals surface area contributed by atoms with Crippen LogP contribution in [-0.4, -0.2) is 24.8 Å². The standard InChI is InChI=1S/C24H21BrFN3O/c1-28(2)19-10-5-16(6-11-19)24-29-22(20-13-17(25)7-12-23(20)30-24)14-21(27-29)15-3-8-18(26)9-4-15/h3-13,22,24H,14H2,1-2H3. The van der Waals surface area contributed by atoms with Crippen molar-refractivity contribution in [1.82, 2.24) is 5.01 Å². The predicted molar refractivity (Wildman–Crippen MR) is 120 cm³/mol. The van der Waals surface area contributed by atoms with Crippen molar-refractivity contribution in [2.45, 2.75) is 18.7 Å². The van der Waals surface area contributed by atoms with Crippen molar-refractivity contribution in [3.63, 3.8) is 0 Å². The molecule has 4 nitrogen and oxygen atoms in total. The molecule has 0 radical (unpaired) electrons. The Morgan fingerprint density at radius 1 is 1.03 bits per heavy atom. The van der Waals surface area contributed by atoms with E-state index in [-0.39, 0.29) is 18.1 Å². The number of ether oxygens (including phenoxy) is 1. The molecule has 2 heterocycles. The molecule has 2 unspecified atom stereocenters. The first-order valence-electron chi connectivity index (χ1n) is 9.85. The summed E-state index contributed by atoms with van der Waals surface area (Å²) in [5.74, 6) is 0.628. The second-order valence-electron chi connectivity index (χ2n) is 7.79. The van der Waals surface area contributed by atoms with E-state index in [1.807, 2.05) is 31.2 Å². The number of hydrogen-bond donors (Lipinski definition) is 0. The van der Waals surface area contributed by atoms with Crippen LogP contribution in [0.5, 0.6) is 5.75 Å². The Morgan fingerprint density at radius 3 is 2.47 bits per heavy atom.